The molecule has 0 aliphatic rings. The summed E-state index contributed by atoms with van der Waals surface area (Å²) in [7, 11) is 0. The van der Waals surface area contributed by atoms with E-state index in [1.165, 1.54) is 6.26 Å². The number of furan rings is 1. The lowest BCUT2D eigenvalue weighted by atomic mass is 9.98. The lowest BCUT2D eigenvalue weighted by Gasteiger charge is -2.17. The lowest BCUT2D eigenvalue weighted by molar-refractivity contribution is 0.149. The fourth-order valence-electron chi connectivity index (χ4n) is 2.27. The Morgan fingerprint density at radius 2 is 2.05 bits per heavy atom. The number of nitrogens with one attached hydrogen (secondary N) is 2. The first-order valence-corrected chi connectivity index (χ1v) is 7.35. The SMILES string of the molecule is Cc1cccc(C(C)C)c1NC(=O)NCC(O)c1ccco1. The molecule has 118 valence electrons. The summed E-state index contributed by atoms with van der Waals surface area (Å²) in [6.07, 6.45) is 0.628. The molecule has 0 radical (unpaired) electrons. The van der Waals surface area contributed by atoms with E-state index in [2.05, 4.69) is 24.5 Å². The van der Waals surface area contributed by atoms with Gasteiger partial charge in [0.2, 0.25) is 0 Å². The van der Waals surface area contributed by atoms with Gasteiger partial charge in [-0.25, -0.2) is 4.79 Å². The Kier molecular flexibility index (Phi) is 5.22. The second kappa shape index (κ2) is 7.13. The lowest BCUT2D eigenvalue weighted by Crippen LogP contribution is -2.32. The van der Waals surface area contributed by atoms with Crippen LogP contribution in [0.25, 0.3) is 0 Å². The molecule has 1 atom stereocenters. The zero-order chi connectivity index (χ0) is 16.1. The number of amides is 2. The summed E-state index contributed by atoms with van der Waals surface area (Å²) in [5, 5.41) is 15.4. The van der Waals surface area contributed by atoms with Crippen molar-refractivity contribution >= 4 is 11.7 Å². The van der Waals surface area contributed by atoms with Crippen LogP contribution in [-0.2, 0) is 0 Å². The van der Waals surface area contributed by atoms with Crippen molar-refractivity contribution in [1.82, 2.24) is 5.32 Å². The number of aliphatic hydroxyl groups is 1. The predicted molar refractivity (Wildman–Crippen MR) is 86.0 cm³/mol. The van der Waals surface area contributed by atoms with Gasteiger partial charge in [-0.15, -0.1) is 0 Å². The van der Waals surface area contributed by atoms with Crippen LogP contribution >= 0.6 is 0 Å². The molecule has 2 rings (SSSR count). The van der Waals surface area contributed by atoms with Crippen LogP contribution in [0.2, 0.25) is 0 Å². The number of hydrogen-bond donors (Lipinski definition) is 3. The number of benzene rings is 1. The number of carbonyl (C=O) groups is 1. The number of aryl methyl sites for hydroxylation is 1. The number of carbonyl (C=O) groups excluding carboxylic acids is 1. The van der Waals surface area contributed by atoms with Gasteiger partial charge in [-0.3, -0.25) is 0 Å². The summed E-state index contributed by atoms with van der Waals surface area (Å²) in [4.78, 5) is 12.0. The fourth-order valence-corrected chi connectivity index (χ4v) is 2.27. The van der Waals surface area contributed by atoms with E-state index in [9.17, 15) is 9.90 Å². The van der Waals surface area contributed by atoms with Crippen molar-refractivity contribution in [1.29, 1.82) is 0 Å². The highest BCUT2D eigenvalue weighted by molar-refractivity contribution is 5.91. The minimum absolute atomic E-state index is 0.0856. The Morgan fingerprint density at radius 3 is 2.68 bits per heavy atom. The summed E-state index contributed by atoms with van der Waals surface area (Å²) in [6.45, 7) is 6.21. The molecule has 5 heteroatoms. The minimum Gasteiger partial charge on any atom is -0.467 e. The molecule has 2 aromatic rings. The summed E-state index contributed by atoms with van der Waals surface area (Å²) >= 11 is 0. The third-order valence-electron chi connectivity index (χ3n) is 3.49. The third-order valence-corrected chi connectivity index (χ3v) is 3.49. The van der Waals surface area contributed by atoms with Crippen molar-refractivity contribution in [3.63, 3.8) is 0 Å². The Hall–Kier alpha value is -2.27. The zero-order valence-corrected chi connectivity index (χ0v) is 13.1. The number of rotatable bonds is 5. The maximum absolute atomic E-state index is 12.0. The third kappa shape index (κ3) is 3.89. The Morgan fingerprint density at radius 1 is 1.27 bits per heavy atom. The molecule has 2 amide bonds. The van der Waals surface area contributed by atoms with Gasteiger partial charge in [0.15, 0.2) is 0 Å². The molecule has 0 aliphatic carbocycles. The number of aliphatic hydroxyl groups excluding tert-OH is 1. The van der Waals surface area contributed by atoms with Crippen molar-refractivity contribution in [2.24, 2.45) is 0 Å². The highest BCUT2D eigenvalue weighted by Crippen LogP contribution is 2.27. The van der Waals surface area contributed by atoms with Crippen LogP contribution in [0, 0.1) is 6.92 Å². The first-order valence-electron chi connectivity index (χ1n) is 7.35. The molecule has 0 saturated heterocycles. The van der Waals surface area contributed by atoms with Gasteiger partial charge in [0, 0.05) is 5.69 Å². The number of hydrogen-bond acceptors (Lipinski definition) is 3. The average molecular weight is 302 g/mol. The summed E-state index contributed by atoms with van der Waals surface area (Å²) in [6, 6.07) is 8.96. The highest BCUT2D eigenvalue weighted by atomic mass is 16.4. The molecule has 0 fully saturated rings. The maximum atomic E-state index is 12.0. The fraction of sp³-hybridized carbons (Fsp3) is 0.353. The molecule has 0 saturated carbocycles. The van der Waals surface area contributed by atoms with Crippen molar-refractivity contribution in [2.75, 3.05) is 11.9 Å². The summed E-state index contributed by atoms with van der Waals surface area (Å²) < 4.78 is 5.09. The van der Waals surface area contributed by atoms with E-state index in [0.717, 1.165) is 16.8 Å². The van der Waals surface area contributed by atoms with E-state index in [-0.39, 0.29) is 12.6 Å². The van der Waals surface area contributed by atoms with E-state index in [1.54, 1.807) is 12.1 Å². The van der Waals surface area contributed by atoms with E-state index >= 15 is 0 Å². The van der Waals surface area contributed by atoms with Crippen LogP contribution in [0.3, 0.4) is 0 Å². The van der Waals surface area contributed by atoms with E-state index in [4.69, 9.17) is 4.42 Å². The highest BCUT2D eigenvalue weighted by Gasteiger charge is 2.14. The Labute approximate surface area is 130 Å². The second-order valence-electron chi connectivity index (χ2n) is 5.56. The van der Waals surface area contributed by atoms with Gasteiger partial charge < -0.3 is 20.2 Å². The van der Waals surface area contributed by atoms with E-state index in [1.807, 2.05) is 25.1 Å². The molecule has 1 heterocycles. The summed E-state index contributed by atoms with van der Waals surface area (Å²) in [5.74, 6) is 0.739. The van der Waals surface area contributed by atoms with Crippen LogP contribution in [0.1, 0.15) is 42.8 Å². The number of anilines is 1. The molecular weight excluding hydrogens is 280 g/mol. The van der Waals surface area contributed by atoms with Gasteiger partial charge in [0.05, 0.1) is 12.8 Å². The molecule has 1 aromatic carbocycles. The predicted octanol–water partition coefficient (Wildman–Crippen LogP) is 3.57. The van der Waals surface area contributed by atoms with Crippen LogP contribution in [-0.4, -0.2) is 17.7 Å². The molecule has 3 N–H and O–H groups in total. The van der Waals surface area contributed by atoms with Crippen LogP contribution in [0.5, 0.6) is 0 Å². The van der Waals surface area contributed by atoms with Gasteiger partial charge in [-0.2, -0.15) is 0 Å². The monoisotopic (exact) mass is 302 g/mol. The molecule has 1 unspecified atom stereocenters. The van der Waals surface area contributed by atoms with Gasteiger partial charge in [-0.1, -0.05) is 32.0 Å². The van der Waals surface area contributed by atoms with Crippen molar-refractivity contribution < 1.29 is 14.3 Å². The normalized spacial score (nSPS) is 12.2. The quantitative estimate of drug-likeness (QED) is 0.790. The zero-order valence-electron chi connectivity index (χ0n) is 13.1. The average Bonchev–Trinajstić information content (AvgIpc) is 3.01. The molecular formula is C17H22N2O3. The number of para-hydroxylation sites is 1. The topological polar surface area (TPSA) is 74.5 Å². The van der Waals surface area contributed by atoms with Crippen LogP contribution in [0.15, 0.2) is 41.0 Å². The molecule has 0 aliphatic heterocycles. The van der Waals surface area contributed by atoms with Crippen molar-refractivity contribution in [2.45, 2.75) is 32.8 Å². The smallest absolute Gasteiger partial charge is 0.319 e. The first-order chi connectivity index (χ1) is 10.5. The maximum Gasteiger partial charge on any atom is 0.319 e. The first kappa shape index (κ1) is 16.1. The minimum atomic E-state index is -0.859. The number of urea groups is 1. The molecule has 0 bridgehead atoms. The van der Waals surface area contributed by atoms with E-state index in [0.29, 0.717) is 11.7 Å². The Bertz CT molecular complexity index is 621. The van der Waals surface area contributed by atoms with Crippen LogP contribution in [0.4, 0.5) is 10.5 Å². The molecule has 1 aromatic heterocycles. The molecule has 0 spiro atoms. The molecule has 5 nitrogen and oxygen atoms in total. The molecule has 22 heavy (non-hydrogen) atoms. The Balaban J connectivity index is 1.98. The van der Waals surface area contributed by atoms with E-state index < -0.39 is 6.10 Å². The van der Waals surface area contributed by atoms with Crippen molar-refractivity contribution in [3.05, 3.63) is 53.5 Å². The largest absolute Gasteiger partial charge is 0.467 e. The van der Waals surface area contributed by atoms with Crippen molar-refractivity contribution in [3.8, 4) is 0 Å². The van der Waals surface area contributed by atoms with Gasteiger partial charge in [-0.05, 0) is 36.1 Å². The van der Waals surface area contributed by atoms with Gasteiger partial charge >= 0.3 is 6.03 Å². The second-order valence-corrected chi connectivity index (χ2v) is 5.56. The standard InChI is InChI=1S/C17H22N2O3/c1-11(2)13-7-4-6-12(3)16(13)19-17(21)18-10-14(20)15-8-5-9-22-15/h4-9,11,14,20H,10H2,1-3H3,(H2,18,19,21). The van der Waals surface area contributed by atoms with Gasteiger partial charge in [0.25, 0.3) is 0 Å². The van der Waals surface area contributed by atoms with Gasteiger partial charge in [0.1, 0.15) is 11.9 Å². The summed E-state index contributed by atoms with van der Waals surface area (Å²) in [5.41, 5.74) is 2.91. The van der Waals surface area contributed by atoms with Crippen LogP contribution < -0.4 is 10.6 Å².